The van der Waals surface area contributed by atoms with Crippen LogP contribution >= 0.6 is 35.2 Å². The molecule has 1 aromatic carbocycles. The van der Waals surface area contributed by atoms with Gasteiger partial charge in [0, 0.05) is 17.1 Å². The minimum Gasteiger partial charge on any atom is -0.331 e. The van der Waals surface area contributed by atoms with Gasteiger partial charge in [0.25, 0.3) is 0 Å². The Hall–Kier alpha value is -1.24. The van der Waals surface area contributed by atoms with Crippen molar-refractivity contribution in [1.82, 2.24) is 14.5 Å². The summed E-state index contributed by atoms with van der Waals surface area (Å²) in [6.07, 6.45) is 2.83. The van der Waals surface area contributed by atoms with Crippen molar-refractivity contribution in [1.29, 1.82) is 0 Å². The molecule has 0 aliphatic rings. The molecule has 0 saturated carbocycles. The topological polar surface area (TPSA) is 33.6 Å². The lowest BCUT2D eigenvalue weighted by atomic mass is 10.3. The van der Waals surface area contributed by atoms with Crippen molar-refractivity contribution in [2.75, 3.05) is 0 Å². The smallest absolute Gasteiger partial charge is 0.178 e. The van der Waals surface area contributed by atoms with Crippen LogP contribution in [0.25, 0.3) is 11.0 Å². The Kier molecular flexibility index (Phi) is 3.62. The van der Waals surface area contributed by atoms with E-state index in [1.165, 1.54) is 10.9 Å². The molecular formula is C13H11ClFN3S2. The lowest BCUT2D eigenvalue weighted by Crippen LogP contribution is -1.99. The van der Waals surface area contributed by atoms with Crippen LogP contribution in [0.15, 0.2) is 18.3 Å². The number of fused-ring (bicyclic) bond motifs is 1. The normalized spacial score (nSPS) is 11.3. The van der Waals surface area contributed by atoms with E-state index in [0.29, 0.717) is 16.8 Å². The lowest BCUT2D eigenvalue weighted by molar-refractivity contribution is 0.628. The summed E-state index contributed by atoms with van der Waals surface area (Å²) in [6, 6.07) is 2.95. The van der Waals surface area contributed by atoms with E-state index in [2.05, 4.69) is 16.9 Å². The van der Waals surface area contributed by atoms with Crippen LogP contribution in [0.5, 0.6) is 0 Å². The van der Waals surface area contributed by atoms with E-state index < -0.39 is 5.82 Å². The number of aryl methyl sites for hydroxylation is 1. The van der Waals surface area contributed by atoms with Crippen LogP contribution in [0.4, 0.5) is 4.39 Å². The summed E-state index contributed by atoms with van der Waals surface area (Å²) in [5.41, 5.74) is 1.43. The van der Waals surface area contributed by atoms with E-state index in [1.807, 2.05) is 10.8 Å². The summed E-state index contributed by atoms with van der Waals surface area (Å²) in [5, 5.41) is 1.04. The Bertz CT molecular complexity index is 834. The highest BCUT2D eigenvalue weighted by atomic mass is 35.5. The van der Waals surface area contributed by atoms with Crippen LogP contribution < -0.4 is 0 Å². The molecule has 0 aliphatic carbocycles. The maximum absolute atomic E-state index is 13.6. The molecule has 0 saturated heterocycles. The molecule has 2 aromatic heterocycles. The number of rotatable bonds is 3. The zero-order chi connectivity index (χ0) is 14.3. The van der Waals surface area contributed by atoms with Crippen LogP contribution in [0, 0.1) is 10.6 Å². The van der Waals surface area contributed by atoms with Gasteiger partial charge in [0.05, 0.1) is 22.6 Å². The third-order valence-electron chi connectivity index (χ3n) is 3.06. The van der Waals surface area contributed by atoms with E-state index >= 15 is 0 Å². The highest BCUT2D eigenvalue weighted by molar-refractivity contribution is 7.71. The number of hydrogen-bond acceptors (Lipinski definition) is 3. The van der Waals surface area contributed by atoms with Crippen LogP contribution in [-0.4, -0.2) is 14.5 Å². The zero-order valence-electron chi connectivity index (χ0n) is 10.6. The number of imidazole rings is 1. The molecule has 0 spiro atoms. The molecule has 0 unspecified atom stereocenters. The van der Waals surface area contributed by atoms with E-state index in [9.17, 15) is 4.39 Å². The summed E-state index contributed by atoms with van der Waals surface area (Å²) in [6.45, 7) is 2.62. The fourth-order valence-corrected chi connectivity index (χ4v) is 3.32. The van der Waals surface area contributed by atoms with Crippen molar-refractivity contribution in [3.8, 4) is 0 Å². The quantitative estimate of drug-likeness (QED) is 0.715. The molecule has 2 heterocycles. The molecule has 0 atom stereocenters. The molecule has 0 aliphatic heterocycles. The molecule has 3 rings (SSSR count). The summed E-state index contributed by atoms with van der Waals surface area (Å²) in [4.78, 5) is 8.63. The number of thiazole rings is 1. The van der Waals surface area contributed by atoms with Crippen molar-refractivity contribution in [2.45, 2.75) is 19.9 Å². The van der Waals surface area contributed by atoms with Crippen LogP contribution in [0.1, 0.15) is 16.8 Å². The summed E-state index contributed by atoms with van der Waals surface area (Å²) in [7, 11) is 0. The fourth-order valence-electron chi connectivity index (χ4n) is 2.03. The Morgan fingerprint density at radius 1 is 1.50 bits per heavy atom. The number of nitrogens with zero attached hydrogens (tertiary/aromatic N) is 2. The predicted octanol–water partition coefficient (Wildman–Crippen LogP) is 4.56. The number of aromatic amines is 1. The molecule has 20 heavy (non-hydrogen) atoms. The van der Waals surface area contributed by atoms with Crippen molar-refractivity contribution in [3.63, 3.8) is 0 Å². The standard InChI is InChI=1S/C13H11ClFN3S2/c1-2-7-5-16-12(20-7)6-18-11-4-9(15)8(14)3-10(11)17-13(18)19/h3-5H,2,6H2,1H3,(H,17,19). The molecule has 0 radical (unpaired) electrons. The first-order valence-electron chi connectivity index (χ1n) is 6.09. The lowest BCUT2D eigenvalue weighted by Gasteiger charge is -2.02. The molecule has 1 N–H and O–H groups in total. The molecule has 104 valence electrons. The van der Waals surface area contributed by atoms with E-state index in [0.717, 1.165) is 16.9 Å². The van der Waals surface area contributed by atoms with Crippen LogP contribution in [-0.2, 0) is 13.0 Å². The Morgan fingerprint density at radius 3 is 3.00 bits per heavy atom. The second kappa shape index (κ2) is 5.27. The number of nitrogens with one attached hydrogen (secondary N) is 1. The molecule has 0 amide bonds. The zero-order valence-corrected chi connectivity index (χ0v) is 13.0. The van der Waals surface area contributed by atoms with Gasteiger partial charge in [0.1, 0.15) is 10.8 Å². The van der Waals surface area contributed by atoms with E-state index in [4.69, 9.17) is 23.8 Å². The van der Waals surface area contributed by atoms with Gasteiger partial charge < -0.3 is 9.55 Å². The van der Waals surface area contributed by atoms with Crippen molar-refractivity contribution >= 4 is 46.2 Å². The predicted molar refractivity (Wildman–Crippen MR) is 82.7 cm³/mol. The first-order valence-corrected chi connectivity index (χ1v) is 7.70. The molecule has 3 aromatic rings. The van der Waals surface area contributed by atoms with E-state index in [-0.39, 0.29) is 5.02 Å². The third-order valence-corrected chi connectivity index (χ3v) is 4.80. The highest BCUT2D eigenvalue weighted by Crippen LogP contribution is 2.24. The number of aromatic nitrogens is 3. The summed E-state index contributed by atoms with van der Waals surface area (Å²) in [5.74, 6) is -0.449. The Balaban J connectivity index is 2.08. The minimum absolute atomic E-state index is 0.0865. The molecular weight excluding hydrogens is 317 g/mol. The Morgan fingerprint density at radius 2 is 2.30 bits per heavy atom. The third kappa shape index (κ3) is 2.39. The van der Waals surface area contributed by atoms with E-state index in [1.54, 1.807) is 17.4 Å². The first-order chi connectivity index (χ1) is 9.58. The number of halogens is 2. The average molecular weight is 328 g/mol. The molecule has 3 nitrogen and oxygen atoms in total. The highest BCUT2D eigenvalue weighted by Gasteiger charge is 2.11. The number of hydrogen-bond donors (Lipinski definition) is 1. The minimum atomic E-state index is -0.449. The summed E-state index contributed by atoms with van der Waals surface area (Å²) >= 11 is 12.7. The van der Waals surface area contributed by atoms with Gasteiger partial charge >= 0.3 is 0 Å². The number of benzene rings is 1. The van der Waals surface area contributed by atoms with Gasteiger partial charge in [-0.2, -0.15) is 0 Å². The maximum atomic E-state index is 13.6. The molecule has 0 fully saturated rings. The molecule has 7 heteroatoms. The monoisotopic (exact) mass is 327 g/mol. The second-order valence-electron chi connectivity index (χ2n) is 4.37. The SMILES string of the molecule is CCc1cnc(Cn2c(=S)[nH]c3cc(Cl)c(F)cc32)s1. The summed E-state index contributed by atoms with van der Waals surface area (Å²) < 4.78 is 16.0. The first kappa shape index (κ1) is 13.7. The van der Waals surface area contributed by atoms with Crippen LogP contribution in [0.2, 0.25) is 5.02 Å². The van der Waals surface area contributed by atoms with Gasteiger partial charge in [-0.3, -0.25) is 0 Å². The van der Waals surface area contributed by atoms with Gasteiger partial charge in [-0.15, -0.1) is 11.3 Å². The van der Waals surface area contributed by atoms with Gasteiger partial charge in [0.2, 0.25) is 0 Å². The fraction of sp³-hybridized carbons (Fsp3) is 0.231. The largest absolute Gasteiger partial charge is 0.331 e. The average Bonchev–Trinajstić information content (AvgIpc) is 2.98. The van der Waals surface area contributed by atoms with Crippen molar-refractivity contribution in [2.24, 2.45) is 0 Å². The van der Waals surface area contributed by atoms with Gasteiger partial charge in [-0.05, 0) is 24.7 Å². The number of H-pyrrole nitrogens is 1. The van der Waals surface area contributed by atoms with Gasteiger partial charge in [-0.1, -0.05) is 18.5 Å². The van der Waals surface area contributed by atoms with Crippen molar-refractivity contribution < 1.29 is 4.39 Å². The Labute approximate surface area is 129 Å². The second-order valence-corrected chi connectivity index (χ2v) is 6.37. The van der Waals surface area contributed by atoms with Gasteiger partial charge in [0.15, 0.2) is 4.77 Å². The van der Waals surface area contributed by atoms with Crippen LogP contribution in [0.3, 0.4) is 0 Å². The maximum Gasteiger partial charge on any atom is 0.178 e. The van der Waals surface area contributed by atoms with Gasteiger partial charge in [-0.25, -0.2) is 9.37 Å². The molecule has 0 bridgehead atoms. The van der Waals surface area contributed by atoms with Crippen molar-refractivity contribution in [3.05, 3.63) is 43.8 Å².